The molecule has 1 rings (SSSR count). The topological polar surface area (TPSA) is 14.1 Å². The molecule has 0 amide bonds. The summed E-state index contributed by atoms with van der Waals surface area (Å²) in [5.74, 6) is 0. The summed E-state index contributed by atoms with van der Waals surface area (Å²) in [6.07, 6.45) is 3.75. The Morgan fingerprint density at radius 2 is 1.10 bits per heavy atom. The fourth-order valence-electron chi connectivity index (χ4n) is 0.342. The number of aromatic amines is 1. The Labute approximate surface area is 64.1 Å². The summed E-state index contributed by atoms with van der Waals surface area (Å²) in [6, 6.07) is 5.86. The maximum Gasteiger partial charge on any atom is 0.166 e. The first-order valence-corrected chi connectivity index (χ1v) is 3.91. The Kier molecular flexibility index (Phi) is 18.7. The third kappa shape index (κ3) is 10.2. The molecule has 1 heterocycles. The zero-order valence-corrected chi connectivity index (χ0v) is 7.39. The maximum absolute atomic E-state index is 2.89. The van der Waals surface area contributed by atoms with Gasteiger partial charge in [-0.25, -0.2) is 4.98 Å². The predicted molar refractivity (Wildman–Crippen MR) is 45.7 cm³/mol. The van der Waals surface area contributed by atoms with Crippen molar-refractivity contribution in [3.8, 4) is 0 Å². The molecule has 0 saturated carbocycles. The summed E-state index contributed by atoms with van der Waals surface area (Å²) >= 11 is 0. The summed E-state index contributed by atoms with van der Waals surface area (Å²) < 4.78 is 0. The Morgan fingerprint density at radius 1 is 0.700 bits per heavy atom. The zero-order valence-electron chi connectivity index (χ0n) is 7.39. The van der Waals surface area contributed by atoms with Gasteiger partial charge in [0, 0.05) is 12.1 Å². The molecule has 10 heavy (non-hydrogen) atoms. The second-order valence-corrected chi connectivity index (χ2v) is 1.08. The smallest absolute Gasteiger partial charge is 0.166 e. The monoisotopic (exact) mass is 140 g/mol. The molecule has 1 nitrogen and oxygen atoms in total. The summed E-state index contributed by atoms with van der Waals surface area (Å²) in [4.78, 5) is 2.89. The van der Waals surface area contributed by atoms with Crippen LogP contribution >= 0.6 is 0 Å². The molecule has 0 aliphatic heterocycles. The SMILES string of the molecule is CC.CC.c1cc[nH+]cc1. The van der Waals surface area contributed by atoms with E-state index in [4.69, 9.17) is 0 Å². The maximum atomic E-state index is 2.89. The van der Waals surface area contributed by atoms with E-state index in [1.807, 2.05) is 58.3 Å². The number of H-pyrrole nitrogens is 1. The van der Waals surface area contributed by atoms with Gasteiger partial charge in [-0.15, -0.1) is 0 Å². The van der Waals surface area contributed by atoms with Crippen molar-refractivity contribution in [2.75, 3.05) is 0 Å². The van der Waals surface area contributed by atoms with Gasteiger partial charge in [0.15, 0.2) is 12.4 Å². The van der Waals surface area contributed by atoms with E-state index in [2.05, 4.69) is 4.98 Å². The Bertz CT molecular complexity index is 76.7. The lowest BCUT2D eigenvalue weighted by molar-refractivity contribution is -0.377. The largest absolute Gasteiger partial charge is 0.218 e. The van der Waals surface area contributed by atoms with Gasteiger partial charge in [0.2, 0.25) is 0 Å². The molecule has 0 spiro atoms. The third-order valence-corrected chi connectivity index (χ3v) is 0.607. The fraction of sp³-hybridized carbons (Fsp3) is 0.444. The van der Waals surface area contributed by atoms with Crippen LogP contribution < -0.4 is 4.98 Å². The first kappa shape index (κ1) is 11.9. The van der Waals surface area contributed by atoms with E-state index in [9.17, 15) is 0 Å². The van der Waals surface area contributed by atoms with Gasteiger partial charge in [-0.2, -0.15) is 0 Å². The van der Waals surface area contributed by atoms with Crippen LogP contribution in [-0.4, -0.2) is 0 Å². The van der Waals surface area contributed by atoms with Crippen molar-refractivity contribution in [3.05, 3.63) is 30.6 Å². The average Bonchev–Trinajstić information content (AvgIpc) is 2.14. The first-order valence-electron chi connectivity index (χ1n) is 3.91. The van der Waals surface area contributed by atoms with E-state index < -0.39 is 0 Å². The zero-order chi connectivity index (χ0) is 8.24. The van der Waals surface area contributed by atoms with Crippen LogP contribution in [0.3, 0.4) is 0 Å². The lowest BCUT2D eigenvalue weighted by Crippen LogP contribution is -1.93. The highest BCUT2D eigenvalue weighted by Crippen LogP contribution is 1.68. The van der Waals surface area contributed by atoms with Gasteiger partial charge in [0.1, 0.15) is 0 Å². The van der Waals surface area contributed by atoms with E-state index >= 15 is 0 Å². The number of nitrogens with one attached hydrogen (secondary N) is 1. The number of hydrogen-bond acceptors (Lipinski definition) is 0. The molecule has 0 unspecified atom stereocenters. The molecule has 0 atom stereocenters. The van der Waals surface area contributed by atoms with Gasteiger partial charge in [0.05, 0.1) is 0 Å². The number of aromatic nitrogens is 1. The van der Waals surface area contributed by atoms with E-state index in [1.54, 1.807) is 0 Å². The molecule has 1 heteroatoms. The van der Waals surface area contributed by atoms with Crippen molar-refractivity contribution >= 4 is 0 Å². The minimum atomic E-state index is 1.88. The minimum Gasteiger partial charge on any atom is -0.218 e. The van der Waals surface area contributed by atoms with E-state index in [1.165, 1.54) is 0 Å². The van der Waals surface area contributed by atoms with Gasteiger partial charge in [-0.1, -0.05) is 33.8 Å². The Hall–Kier alpha value is -0.850. The van der Waals surface area contributed by atoms with Crippen molar-refractivity contribution in [1.82, 2.24) is 0 Å². The highest BCUT2D eigenvalue weighted by molar-refractivity contribution is 4.82. The van der Waals surface area contributed by atoms with Crippen molar-refractivity contribution < 1.29 is 4.98 Å². The average molecular weight is 140 g/mol. The van der Waals surface area contributed by atoms with Crippen molar-refractivity contribution in [2.45, 2.75) is 27.7 Å². The van der Waals surface area contributed by atoms with Gasteiger partial charge < -0.3 is 0 Å². The van der Waals surface area contributed by atoms with E-state index in [0.717, 1.165) is 0 Å². The molecule has 0 aromatic carbocycles. The van der Waals surface area contributed by atoms with Crippen LogP contribution in [0.2, 0.25) is 0 Å². The highest BCUT2D eigenvalue weighted by Gasteiger charge is 1.65. The van der Waals surface area contributed by atoms with Crippen LogP contribution in [0.15, 0.2) is 30.6 Å². The first-order chi connectivity index (χ1) is 5.00. The minimum absolute atomic E-state index is 1.88. The molecular formula is C9H18N+. The lowest BCUT2D eigenvalue weighted by atomic mass is 10.5. The molecule has 0 fully saturated rings. The molecule has 0 saturated heterocycles. The van der Waals surface area contributed by atoms with Crippen LogP contribution in [0.1, 0.15) is 27.7 Å². The number of pyridine rings is 1. The molecule has 1 aromatic heterocycles. The van der Waals surface area contributed by atoms with Crippen LogP contribution in [-0.2, 0) is 0 Å². The molecular weight excluding hydrogens is 122 g/mol. The van der Waals surface area contributed by atoms with Crippen LogP contribution in [0.4, 0.5) is 0 Å². The molecule has 0 aliphatic rings. The normalized spacial score (nSPS) is 6.00. The van der Waals surface area contributed by atoms with Crippen LogP contribution in [0.5, 0.6) is 0 Å². The van der Waals surface area contributed by atoms with Crippen molar-refractivity contribution in [2.24, 2.45) is 0 Å². The quantitative estimate of drug-likeness (QED) is 0.526. The van der Waals surface area contributed by atoms with E-state index in [0.29, 0.717) is 0 Å². The summed E-state index contributed by atoms with van der Waals surface area (Å²) in [7, 11) is 0. The van der Waals surface area contributed by atoms with E-state index in [-0.39, 0.29) is 0 Å². The Balaban J connectivity index is 0. The molecule has 1 aromatic rings. The van der Waals surface area contributed by atoms with Crippen LogP contribution in [0.25, 0.3) is 0 Å². The molecule has 0 bridgehead atoms. The third-order valence-electron chi connectivity index (χ3n) is 0.607. The van der Waals surface area contributed by atoms with Gasteiger partial charge in [-0.3, -0.25) is 0 Å². The molecule has 1 N–H and O–H groups in total. The van der Waals surface area contributed by atoms with Crippen molar-refractivity contribution in [1.29, 1.82) is 0 Å². The summed E-state index contributed by atoms with van der Waals surface area (Å²) in [5, 5.41) is 0. The summed E-state index contributed by atoms with van der Waals surface area (Å²) in [6.45, 7) is 8.00. The van der Waals surface area contributed by atoms with Gasteiger partial charge >= 0.3 is 0 Å². The lowest BCUT2D eigenvalue weighted by Gasteiger charge is -1.63. The van der Waals surface area contributed by atoms with Gasteiger partial charge in [-0.05, 0) is 0 Å². The fourth-order valence-corrected chi connectivity index (χ4v) is 0.342. The number of rotatable bonds is 0. The highest BCUT2D eigenvalue weighted by atomic mass is 14.6. The summed E-state index contributed by atoms with van der Waals surface area (Å²) in [5.41, 5.74) is 0. The number of hydrogen-bond donors (Lipinski definition) is 0. The second kappa shape index (κ2) is 15.7. The standard InChI is InChI=1S/C5H5N.2C2H6/c1-2-4-6-5-3-1;2*1-2/h1-5H;2*1-2H3/p+1. The van der Waals surface area contributed by atoms with Gasteiger partial charge in [0.25, 0.3) is 0 Å². The second-order valence-electron chi connectivity index (χ2n) is 1.08. The molecule has 0 radical (unpaired) electrons. The Morgan fingerprint density at radius 3 is 1.20 bits per heavy atom. The predicted octanol–water partition coefficient (Wildman–Crippen LogP) is 2.55. The molecule has 58 valence electrons. The van der Waals surface area contributed by atoms with Crippen LogP contribution in [0, 0.1) is 0 Å². The van der Waals surface area contributed by atoms with Crippen molar-refractivity contribution in [3.63, 3.8) is 0 Å². The molecule has 0 aliphatic carbocycles.